The topological polar surface area (TPSA) is 21.3 Å². The van der Waals surface area contributed by atoms with E-state index in [1.807, 2.05) is 0 Å². The lowest BCUT2D eigenvalue weighted by Gasteiger charge is -2.29. The van der Waals surface area contributed by atoms with Crippen LogP contribution in [-0.4, -0.2) is 25.8 Å². The monoisotopic (exact) mass is 155 g/mol. The van der Waals surface area contributed by atoms with Crippen LogP contribution in [0.3, 0.4) is 0 Å². The van der Waals surface area contributed by atoms with Crippen LogP contribution in [0, 0.1) is 5.41 Å². The maximum absolute atomic E-state index is 5.70. The third-order valence-electron chi connectivity index (χ3n) is 3.11. The van der Waals surface area contributed by atoms with Crippen molar-refractivity contribution < 1.29 is 4.74 Å². The molecule has 2 heteroatoms. The Morgan fingerprint density at radius 1 is 1.55 bits per heavy atom. The van der Waals surface area contributed by atoms with E-state index in [0.29, 0.717) is 11.5 Å². The summed E-state index contributed by atoms with van der Waals surface area (Å²) in [5, 5.41) is 3.41. The molecule has 2 aliphatic heterocycles. The second kappa shape index (κ2) is 2.76. The van der Waals surface area contributed by atoms with Gasteiger partial charge in [-0.05, 0) is 25.8 Å². The standard InChI is InChI=1S/C9H17NO/c1-9(4-5-10-7-9)8-3-2-6-11-8/h8,10H,2-7H2,1H3. The largest absolute Gasteiger partial charge is 0.378 e. The van der Waals surface area contributed by atoms with E-state index < -0.39 is 0 Å². The van der Waals surface area contributed by atoms with Crippen LogP contribution in [0.25, 0.3) is 0 Å². The Kier molecular flexibility index (Phi) is 1.90. The number of hydrogen-bond acceptors (Lipinski definition) is 2. The first-order chi connectivity index (χ1) is 5.31. The highest BCUT2D eigenvalue weighted by molar-refractivity contribution is 4.92. The Labute approximate surface area is 68.3 Å². The molecule has 2 fully saturated rings. The van der Waals surface area contributed by atoms with E-state index in [-0.39, 0.29) is 0 Å². The lowest BCUT2D eigenvalue weighted by Crippen LogP contribution is -2.33. The molecule has 2 rings (SSSR count). The molecule has 0 aromatic rings. The van der Waals surface area contributed by atoms with E-state index >= 15 is 0 Å². The average molecular weight is 155 g/mol. The molecule has 11 heavy (non-hydrogen) atoms. The zero-order valence-electron chi connectivity index (χ0n) is 7.23. The van der Waals surface area contributed by atoms with Gasteiger partial charge in [-0.1, -0.05) is 6.92 Å². The fourth-order valence-electron chi connectivity index (χ4n) is 2.24. The SMILES string of the molecule is CC1(C2CCCO2)CCNC1. The van der Waals surface area contributed by atoms with Crippen LogP contribution >= 0.6 is 0 Å². The molecule has 2 unspecified atom stereocenters. The molecule has 0 radical (unpaired) electrons. The van der Waals surface area contributed by atoms with Crippen LogP contribution in [-0.2, 0) is 4.74 Å². The normalized spacial score (nSPS) is 45.0. The number of nitrogens with one attached hydrogen (secondary N) is 1. The molecule has 0 bridgehead atoms. The van der Waals surface area contributed by atoms with E-state index in [1.165, 1.54) is 25.8 Å². The van der Waals surface area contributed by atoms with Gasteiger partial charge in [0.25, 0.3) is 0 Å². The second-order valence-electron chi connectivity index (χ2n) is 4.08. The molecule has 2 heterocycles. The Morgan fingerprint density at radius 3 is 3.00 bits per heavy atom. The summed E-state index contributed by atoms with van der Waals surface area (Å²) in [6, 6.07) is 0. The quantitative estimate of drug-likeness (QED) is 0.613. The summed E-state index contributed by atoms with van der Waals surface area (Å²) in [5.41, 5.74) is 0.441. The summed E-state index contributed by atoms with van der Waals surface area (Å²) in [5.74, 6) is 0. The molecule has 0 aromatic heterocycles. The molecule has 2 saturated heterocycles. The molecule has 1 N–H and O–H groups in total. The molecule has 0 amide bonds. The molecule has 0 spiro atoms. The van der Waals surface area contributed by atoms with Crippen LogP contribution in [0.2, 0.25) is 0 Å². The lowest BCUT2D eigenvalue weighted by molar-refractivity contribution is 0.0198. The maximum atomic E-state index is 5.70. The van der Waals surface area contributed by atoms with Gasteiger partial charge >= 0.3 is 0 Å². The fourth-order valence-corrected chi connectivity index (χ4v) is 2.24. The second-order valence-corrected chi connectivity index (χ2v) is 4.08. The van der Waals surface area contributed by atoms with Gasteiger partial charge in [0.15, 0.2) is 0 Å². The van der Waals surface area contributed by atoms with Crippen LogP contribution in [0.5, 0.6) is 0 Å². The predicted molar refractivity (Wildman–Crippen MR) is 44.6 cm³/mol. The minimum atomic E-state index is 0.441. The van der Waals surface area contributed by atoms with E-state index in [9.17, 15) is 0 Å². The van der Waals surface area contributed by atoms with E-state index in [1.54, 1.807) is 0 Å². The zero-order chi connectivity index (χ0) is 7.73. The van der Waals surface area contributed by atoms with Gasteiger partial charge in [0.05, 0.1) is 6.10 Å². The molecular weight excluding hydrogens is 138 g/mol. The van der Waals surface area contributed by atoms with Crippen molar-refractivity contribution in [2.24, 2.45) is 5.41 Å². The van der Waals surface area contributed by atoms with Crippen molar-refractivity contribution in [2.45, 2.75) is 32.3 Å². The van der Waals surface area contributed by atoms with Crippen molar-refractivity contribution >= 4 is 0 Å². The van der Waals surface area contributed by atoms with Crippen molar-refractivity contribution in [1.29, 1.82) is 0 Å². The first-order valence-electron chi connectivity index (χ1n) is 4.64. The number of rotatable bonds is 1. The summed E-state index contributed by atoms with van der Waals surface area (Å²) in [7, 11) is 0. The summed E-state index contributed by atoms with van der Waals surface area (Å²) in [6.45, 7) is 5.66. The van der Waals surface area contributed by atoms with Crippen molar-refractivity contribution in [2.75, 3.05) is 19.7 Å². The van der Waals surface area contributed by atoms with Crippen LogP contribution in [0.4, 0.5) is 0 Å². The molecular formula is C9H17NO. The smallest absolute Gasteiger partial charge is 0.0642 e. The minimum Gasteiger partial charge on any atom is -0.378 e. The number of hydrogen-bond donors (Lipinski definition) is 1. The molecule has 0 aliphatic carbocycles. The van der Waals surface area contributed by atoms with Gasteiger partial charge in [-0.3, -0.25) is 0 Å². The Morgan fingerprint density at radius 2 is 2.45 bits per heavy atom. The van der Waals surface area contributed by atoms with Crippen molar-refractivity contribution in [3.63, 3.8) is 0 Å². The average Bonchev–Trinajstić information content (AvgIpc) is 2.55. The van der Waals surface area contributed by atoms with Gasteiger partial charge in [-0.15, -0.1) is 0 Å². The first-order valence-corrected chi connectivity index (χ1v) is 4.64. The van der Waals surface area contributed by atoms with Gasteiger partial charge in [0, 0.05) is 18.6 Å². The van der Waals surface area contributed by atoms with Gasteiger partial charge in [-0.2, -0.15) is 0 Å². The van der Waals surface area contributed by atoms with Crippen molar-refractivity contribution in [3.8, 4) is 0 Å². The van der Waals surface area contributed by atoms with E-state index in [4.69, 9.17) is 4.74 Å². The fraction of sp³-hybridized carbons (Fsp3) is 1.00. The third-order valence-corrected chi connectivity index (χ3v) is 3.11. The third kappa shape index (κ3) is 1.30. The molecule has 2 nitrogen and oxygen atoms in total. The number of ether oxygens (including phenoxy) is 1. The lowest BCUT2D eigenvalue weighted by atomic mass is 9.82. The summed E-state index contributed by atoms with van der Waals surface area (Å²) >= 11 is 0. The Bertz CT molecular complexity index is 134. The Hall–Kier alpha value is -0.0800. The highest BCUT2D eigenvalue weighted by Gasteiger charge is 2.39. The van der Waals surface area contributed by atoms with Crippen LogP contribution in [0.1, 0.15) is 26.2 Å². The van der Waals surface area contributed by atoms with E-state index in [0.717, 1.165) is 13.2 Å². The van der Waals surface area contributed by atoms with Crippen molar-refractivity contribution in [1.82, 2.24) is 5.32 Å². The molecule has 0 aromatic carbocycles. The van der Waals surface area contributed by atoms with Gasteiger partial charge in [-0.25, -0.2) is 0 Å². The van der Waals surface area contributed by atoms with Gasteiger partial charge < -0.3 is 10.1 Å². The zero-order valence-corrected chi connectivity index (χ0v) is 7.23. The molecule has 2 atom stereocenters. The summed E-state index contributed by atoms with van der Waals surface area (Å²) in [4.78, 5) is 0. The minimum absolute atomic E-state index is 0.441. The van der Waals surface area contributed by atoms with Crippen LogP contribution < -0.4 is 5.32 Å². The molecule has 0 saturated carbocycles. The van der Waals surface area contributed by atoms with Crippen molar-refractivity contribution in [3.05, 3.63) is 0 Å². The van der Waals surface area contributed by atoms with E-state index in [2.05, 4.69) is 12.2 Å². The first kappa shape index (κ1) is 7.56. The summed E-state index contributed by atoms with van der Waals surface area (Å²) in [6.07, 6.45) is 4.37. The van der Waals surface area contributed by atoms with Gasteiger partial charge in [0.1, 0.15) is 0 Å². The highest BCUT2D eigenvalue weighted by Crippen LogP contribution is 2.35. The Balaban J connectivity index is 2.00. The molecule has 64 valence electrons. The maximum Gasteiger partial charge on any atom is 0.0642 e. The highest BCUT2D eigenvalue weighted by atomic mass is 16.5. The van der Waals surface area contributed by atoms with Crippen LogP contribution in [0.15, 0.2) is 0 Å². The molecule has 2 aliphatic rings. The van der Waals surface area contributed by atoms with Gasteiger partial charge in [0.2, 0.25) is 0 Å². The predicted octanol–water partition coefficient (Wildman–Crippen LogP) is 1.17. The summed E-state index contributed by atoms with van der Waals surface area (Å²) < 4.78 is 5.70.